The highest BCUT2D eigenvalue weighted by molar-refractivity contribution is 7.99. The Kier molecular flexibility index (Phi) is 8.39. The lowest BCUT2D eigenvalue weighted by Gasteiger charge is -2.20. The van der Waals surface area contributed by atoms with Crippen LogP contribution in [0, 0.1) is 17.6 Å². The molecule has 2 atom stereocenters. The Bertz CT molecular complexity index is 974. The molecule has 7 nitrogen and oxygen atoms in total. The van der Waals surface area contributed by atoms with Crippen LogP contribution in [0.15, 0.2) is 29.3 Å². The molecule has 0 radical (unpaired) electrons. The number of sulfonamides is 1. The van der Waals surface area contributed by atoms with Crippen LogP contribution in [0.25, 0.3) is 0 Å². The van der Waals surface area contributed by atoms with Crippen molar-refractivity contribution in [2.45, 2.75) is 43.5 Å². The number of anilines is 2. The lowest BCUT2D eigenvalue weighted by Crippen LogP contribution is -2.26. The maximum absolute atomic E-state index is 14.1. The van der Waals surface area contributed by atoms with E-state index >= 15 is 0 Å². The Balaban J connectivity index is 2.34. The minimum atomic E-state index is -3.63. The molecule has 30 heavy (non-hydrogen) atoms. The number of hydrogen-bond donors (Lipinski definition) is 3. The van der Waals surface area contributed by atoms with E-state index in [1.807, 2.05) is 13.8 Å². The van der Waals surface area contributed by atoms with E-state index in [9.17, 15) is 22.3 Å². The van der Waals surface area contributed by atoms with Crippen molar-refractivity contribution in [1.82, 2.24) is 9.97 Å². The van der Waals surface area contributed by atoms with E-state index in [4.69, 9.17) is 0 Å². The molecule has 0 saturated carbocycles. The van der Waals surface area contributed by atoms with Gasteiger partial charge in [-0.3, -0.25) is 4.72 Å². The summed E-state index contributed by atoms with van der Waals surface area (Å²) in [6, 6.07) is 5.24. The van der Waals surface area contributed by atoms with Crippen molar-refractivity contribution in [1.29, 1.82) is 0 Å². The van der Waals surface area contributed by atoms with Crippen LogP contribution in [0.3, 0.4) is 0 Å². The van der Waals surface area contributed by atoms with Crippen molar-refractivity contribution < 1.29 is 22.3 Å². The molecule has 2 aromatic rings. The van der Waals surface area contributed by atoms with Crippen LogP contribution in [-0.4, -0.2) is 42.4 Å². The van der Waals surface area contributed by atoms with Gasteiger partial charge >= 0.3 is 0 Å². The number of aliphatic hydroxyl groups is 1. The predicted molar refractivity (Wildman–Crippen MR) is 115 cm³/mol. The van der Waals surface area contributed by atoms with Crippen LogP contribution in [0.4, 0.5) is 20.5 Å². The maximum atomic E-state index is 14.1. The molecule has 3 N–H and O–H groups in total. The van der Waals surface area contributed by atoms with Gasteiger partial charge in [-0.05, 0) is 25.3 Å². The van der Waals surface area contributed by atoms with Crippen LogP contribution in [0.2, 0.25) is 0 Å². The Labute approximate surface area is 179 Å². The van der Waals surface area contributed by atoms with Gasteiger partial charge in [0, 0.05) is 16.9 Å². The van der Waals surface area contributed by atoms with E-state index in [2.05, 4.69) is 20.0 Å². The summed E-state index contributed by atoms with van der Waals surface area (Å²) in [6.45, 7) is 5.58. The number of halogens is 2. The standard InChI is InChI=1S/C19H26F2N4O3S2/c1-11(2)8-13(10-26)22-16-9-17(24-19(23-16)25-30(4,27)28)29-12(3)14-6-5-7-15(20)18(14)21/h5-7,9,11-13,26H,8,10H2,1-4H3,(H2,22,23,24,25)/t12?,13-/m1/s1. The molecule has 11 heteroatoms. The third-order valence-corrected chi connectivity index (χ3v) is 5.64. The van der Waals surface area contributed by atoms with Gasteiger partial charge in [0.15, 0.2) is 11.6 Å². The van der Waals surface area contributed by atoms with E-state index in [-0.39, 0.29) is 24.2 Å². The number of aliphatic hydroxyl groups excluding tert-OH is 1. The average molecular weight is 461 g/mol. The Morgan fingerprint density at radius 3 is 2.50 bits per heavy atom. The van der Waals surface area contributed by atoms with Gasteiger partial charge in [-0.25, -0.2) is 22.2 Å². The second-order valence-corrected chi connectivity index (χ2v) is 10.5. The molecule has 0 aliphatic carbocycles. The molecular formula is C19H26F2N4O3S2. The van der Waals surface area contributed by atoms with Gasteiger partial charge in [0.1, 0.15) is 10.8 Å². The first-order valence-corrected chi connectivity index (χ1v) is 12.1. The molecule has 166 valence electrons. The number of hydrogen-bond acceptors (Lipinski definition) is 7. The summed E-state index contributed by atoms with van der Waals surface area (Å²) in [5.41, 5.74) is 0.166. The van der Waals surface area contributed by atoms with Crippen molar-refractivity contribution in [3.63, 3.8) is 0 Å². The predicted octanol–water partition coefficient (Wildman–Crippen LogP) is 3.80. The molecular weight excluding hydrogens is 434 g/mol. The molecule has 2 rings (SSSR count). The fraction of sp³-hybridized carbons (Fsp3) is 0.474. The summed E-state index contributed by atoms with van der Waals surface area (Å²) < 4.78 is 53.2. The van der Waals surface area contributed by atoms with Crippen LogP contribution >= 0.6 is 11.8 Å². The summed E-state index contributed by atoms with van der Waals surface area (Å²) in [5.74, 6) is -1.40. The minimum absolute atomic E-state index is 0.135. The van der Waals surface area contributed by atoms with Crippen molar-refractivity contribution in [3.8, 4) is 0 Å². The minimum Gasteiger partial charge on any atom is -0.394 e. The van der Waals surface area contributed by atoms with Gasteiger partial charge in [0.2, 0.25) is 16.0 Å². The van der Waals surface area contributed by atoms with Crippen LogP contribution in [-0.2, 0) is 10.0 Å². The van der Waals surface area contributed by atoms with Crippen LogP contribution in [0.1, 0.15) is 38.0 Å². The lowest BCUT2D eigenvalue weighted by atomic mass is 10.0. The summed E-state index contributed by atoms with van der Waals surface area (Å²) in [5, 5.41) is 12.5. The molecule has 0 bridgehead atoms. The first kappa shape index (κ1) is 24.3. The van der Waals surface area contributed by atoms with E-state index in [1.54, 1.807) is 13.0 Å². The fourth-order valence-corrected chi connectivity index (χ4v) is 4.22. The first-order valence-electron chi connectivity index (χ1n) is 9.33. The molecule has 1 aromatic carbocycles. The molecule has 1 heterocycles. The Hall–Kier alpha value is -1.98. The molecule has 0 aliphatic rings. The number of nitrogens with one attached hydrogen (secondary N) is 2. The molecule has 0 fully saturated rings. The summed E-state index contributed by atoms with van der Waals surface area (Å²) >= 11 is 1.13. The third-order valence-electron chi connectivity index (χ3n) is 4.02. The second kappa shape index (κ2) is 10.4. The van der Waals surface area contributed by atoms with Crippen molar-refractivity contribution in [2.75, 3.05) is 22.9 Å². The van der Waals surface area contributed by atoms with E-state index in [0.717, 1.165) is 24.1 Å². The maximum Gasteiger partial charge on any atom is 0.239 e. The third kappa shape index (κ3) is 7.37. The highest BCUT2D eigenvalue weighted by Gasteiger charge is 2.19. The molecule has 0 amide bonds. The summed E-state index contributed by atoms with van der Waals surface area (Å²) in [6.07, 6.45) is 1.64. The van der Waals surface area contributed by atoms with Crippen molar-refractivity contribution in [2.24, 2.45) is 5.92 Å². The number of rotatable bonds is 10. The highest BCUT2D eigenvalue weighted by Crippen LogP contribution is 2.36. The average Bonchev–Trinajstić information content (AvgIpc) is 2.61. The van der Waals surface area contributed by atoms with Gasteiger partial charge in [0.25, 0.3) is 0 Å². The smallest absolute Gasteiger partial charge is 0.239 e. The van der Waals surface area contributed by atoms with Gasteiger partial charge in [-0.15, -0.1) is 0 Å². The summed E-state index contributed by atoms with van der Waals surface area (Å²) in [7, 11) is -3.63. The number of aromatic nitrogens is 2. The van der Waals surface area contributed by atoms with Crippen molar-refractivity contribution >= 4 is 33.6 Å². The quantitative estimate of drug-likeness (QED) is 0.366. The van der Waals surface area contributed by atoms with Crippen molar-refractivity contribution in [3.05, 3.63) is 41.5 Å². The van der Waals surface area contributed by atoms with Crippen LogP contribution in [0.5, 0.6) is 0 Å². The van der Waals surface area contributed by atoms with Gasteiger partial charge < -0.3 is 10.4 Å². The summed E-state index contributed by atoms with van der Waals surface area (Å²) in [4.78, 5) is 8.33. The first-order chi connectivity index (χ1) is 14.0. The molecule has 0 aliphatic heterocycles. The van der Waals surface area contributed by atoms with E-state index in [0.29, 0.717) is 23.2 Å². The molecule has 1 unspecified atom stereocenters. The van der Waals surface area contributed by atoms with Gasteiger partial charge in [-0.1, -0.05) is 37.7 Å². The van der Waals surface area contributed by atoms with Gasteiger partial charge in [-0.2, -0.15) is 4.98 Å². The second-order valence-electron chi connectivity index (χ2n) is 7.35. The molecule has 0 saturated heterocycles. The lowest BCUT2D eigenvalue weighted by molar-refractivity contribution is 0.259. The topological polar surface area (TPSA) is 104 Å². The van der Waals surface area contributed by atoms with E-state index in [1.165, 1.54) is 12.1 Å². The van der Waals surface area contributed by atoms with E-state index < -0.39 is 26.9 Å². The fourth-order valence-electron chi connectivity index (χ4n) is 2.81. The zero-order valence-corrected chi connectivity index (χ0v) is 18.8. The van der Waals surface area contributed by atoms with Crippen LogP contribution < -0.4 is 10.0 Å². The number of thioether (sulfide) groups is 1. The normalized spacial score (nSPS) is 13.9. The monoisotopic (exact) mass is 460 g/mol. The molecule has 0 spiro atoms. The zero-order chi connectivity index (χ0) is 22.5. The largest absolute Gasteiger partial charge is 0.394 e. The number of nitrogens with zero attached hydrogens (tertiary/aromatic N) is 2. The Morgan fingerprint density at radius 1 is 1.20 bits per heavy atom. The number of benzene rings is 1. The van der Waals surface area contributed by atoms with Gasteiger partial charge in [0.05, 0.1) is 18.9 Å². The Morgan fingerprint density at radius 2 is 1.90 bits per heavy atom. The highest BCUT2D eigenvalue weighted by atomic mass is 32.2. The molecule has 1 aromatic heterocycles. The zero-order valence-electron chi connectivity index (χ0n) is 17.2. The SMILES string of the molecule is CC(C)C[C@H](CO)Nc1cc(SC(C)c2cccc(F)c2F)nc(NS(C)(=O)=O)n1.